The van der Waals surface area contributed by atoms with Gasteiger partial charge in [0.15, 0.2) is 0 Å². The normalized spacial score (nSPS) is 17.4. The van der Waals surface area contributed by atoms with Gasteiger partial charge >= 0.3 is 5.97 Å². The van der Waals surface area contributed by atoms with E-state index in [2.05, 4.69) is 0 Å². The zero-order chi connectivity index (χ0) is 6.73. The van der Waals surface area contributed by atoms with Crippen LogP contribution in [0, 0.1) is 0 Å². The number of rotatable bonds is 2. The van der Waals surface area contributed by atoms with E-state index in [1.807, 2.05) is 0 Å². The van der Waals surface area contributed by atoms with Crippen LogP contribution >= 0.6 is 0 Å². The van der Waals surface area contributed by atoms with Gasteiger partial charge in [-0.3, -0.25) is 0 Å². The van der Waals surface area contributed by atoms with E-state index in [1.165, 1.54) is 0 Å². The molecule has 0 heterocycles. The van der Waals surface area contributed by atoms with Gasteiger partial charge in [-0.1, -0.05) is 0 Å². The van der Waals surface area contributed by atoms with Gasteiger partial charge in [-0.25, -0.2) is 13.6 Å². The molecule has 0 spiro atoms. The molecule has 2 nitrogen and oxygen atoms in total. The molecule has 0 aromatic rings. The zero-order valence-corrected chi connectivity index (χ0v) is 4.27. The molecule has 1 N–H and O–H groups in total. The fourth-order valence-corrected chi connectivity index (χ4v) is 0.196. The van der Waals surface area contributed by atoms with E-state index in [9.17, 15) is 13.6 Å². The summed E-state index contributed by atoms with van der Waals surface area (Å²) in [6.45, 7) is 0.860. The first-order valence-electron chi connectivity index (χ1n) is 2.06. The van der Waals surface area contributed by atoms with Crippen LogP contribution in [0.15, 0.2) is 0 Å². The van der Waals surface area contributed by atoms with E-state index in [0.29, 0.717) is 0 Å². The first-order chi connectivity index (χ1) is 3.55. The molecule has 0 aliphatic rings. The predicted octanol–water partition coefficient (Wildman–Crippen LogP) is 0.767. The molecule has 0 bridgehead atoms. The van der Waals surface area contributed by atoms with Gasteiger partial charge in [-0.05, 0) is 6.92 Å². The van der Waals surface area contributed by atoms with Crippen LogP contribution in [0.5, 0.6) is 0 Å². The van der Waals surface area contributed by atoms with Gasteiger partial charge in [0, 0.05) is 0 Å². The van der Waals surface area contributed by atoms with Crippen molar-refractivity contribution in [2.24, 2.45) is 0 Å². The molecule has 8 heavy (non-hydrogen) atoms. The minimum atomic E-state index is -2.38. The summed E-state index contributed by atoms with van der Waals surface area (Å²) >= 11 is 0. The molecular formula is C4H6F2O2. The summed E-state index contributed by atoms with van der Waals surface area (Å²) in [5.41, 5.74) is 0. The summed E-state index contributed by atoms with van der Waals surface area (Å²) in [5, 5.41) is 7.74. The molecule has 0 saturated heterocycles. The SMILES string of the molecule is CC(F)C(F)C(=O)O. The second kappa shape index (κ2) is 2.59. The first-order valence-corrected chi connectivity index (χ1v) is 2.06. The van der Waals surface area contributed by atoms with E-state index >= 15 is 0 Å². The molecular weight excluding hydrogens is 118 g/mol. The third-order valence-corrected chi connectivity index (χ3v) is 0.639. The van der Waals surface area contributed by atoms with Crippen molar-refractivity contribution < 1.29 is 18.7 Å². The Morgan fingerprint density at radius 1 is 1.62 bits per heavy atom. The maximum absolute atomic E-state index is 11.7. The van der Waals surface area contributed by atoms with E-state index in [1.54, 1.807) is 0 Å². The first kappa shape index (κ1) is 7.33. The topological polar surface area (TPSA) is 37.3 Å². The number of hydrogen-bond donors (Lipinski definition) is 1. The lowest BCUT2D eigenvalue weighted by atomic mass is 10.3. The Morgan fingerprint density at radius 2 is 2.00 bits per heavy atom. The highest BCUT2D eigenvalue weighted by atomic mass is 19.2. The monoisotopic (exact) mass is 124 g/mol. The molecule has 0 aliphatic heterocycles. The minimum Gasteiger partial charge on any atom is -0.479 e. The van der Waals surface area contributed by atoms with E-state index in [-0.39, 0.29) is 0 Å². The summed E-state index contributed by atoms with van der Waals surface area (Å²) in [4.78, 5) is 9.53. The number of carbonyl (C=O) groups is 1. The van der Waals surface area contributed by atoms with Crippen LogP contribution < -0.4 is 0 Å². The van der Waals surface area contributed by atoms with Crippen LogP contribution in [0.25, 0.3) is 0 Å². The Morgan fingerprint density at radius 3 is 2.00 bits per heavy atom. The number of aliphatic carboxylic acids is 1. The molecule has 4 heteroatoms. The van der Waals surface area contributed by atoms with Gasteiger partial charge in [-0.15, -0.1) is 0 Å². The van der Waals surface area contributed by atoms with Crippen LogP contribution in [0.3, 0.4) is 0 Å². The summed E-state index contributed by atoms with van der Waals surface area (Å²) < 4.78 is 23.3. The third-order valence-electron chi connectivity index (χ3n) is 0.639. The Bertz CT molecular complexity index is 92.0. The molecule has 0 saturated carbocycles. The molecule has 0 aliphatic carbocycles. The second-order valence-electron chi connectivity index (χ2n) is 1.42. The van der Waals surface area contributed by atoms with Gasteiger partial charge in [0.05, 0.1) is 0 Å². The third kappa shape index (κ3) is 1.86. The van der Waals surface area contributed by atoms with Crippen molar-refractivity contribution in [1.82, 2.24) is 0 Å². The highest BCUT2D eigenvalue weighted by molar-refractivity contribution is 5.72. The lowest BCUT2D eigenvalue weighted by Gasteiger charge is -2.00. The highest BCUT2D eigenvalue weighted by Crippen LogP contribution is 2.01. The molecule has 0 radical (unpaired) electrons. The Kier molecular flexibility index (Phi) is 2.37. The van der Waals surface area contributed by atoms with E-state index in [0.717, 1.165) is 6.92 Å². The Hall–Kier alpha value is -0.670. The predicted molar refractivity (Wildman–Crippen MR) is 23.1 cm³/mol. The molecule has 0 fully saturated rings. The summed E-state index contributed by atoms with van der Waals surface area (Å²) in [5.74, 6) is -1.75. The number of halogens is 2. The summed E-state index contributed by atoms with van der Waals surface area (Å²) in [7, 11) is 0. The van der Waals surface area contributed by atoms with Crippen molar-refractivity contribution >= 4 is 5.97 Å². The maximum atomic E-state index is 11.7. The quantitative estimate of drug-likeness (QED) is 0.590. The van der Waals surface area contributed by atoms with Crippen molar-refractivity contribution in [1.29, 1.82) is 0 Å². The molecule has 0 aromatic carbocycles. The van der Waals surface area contributed by atoms with Crippen LogP contribution in [0.4, 0.5) is 8.78 Å². The molecule has 0 aromatic heterocycles. The van der Waals surface area contributed by atoms with E-state index < -0.39 is 18.3 Å². The lowest BCUT2D eigenvalue weighted by Crippen LogP contribution is -2.23. The molecule has 2 atom stereocenters. The van der Waals surface area contributed by atoms with Gasteiger partial charge in [0.25, 0.3) is 0 Å². The van der Waals surface area contributed by atoms with Crippen molar-refractivity contribution in [3.8, 4) is 0 Å². The fraction of sp³-hybridized carbons (Fsp3) is 0.750. The minimum absolute atomic E-state index is 0.860. The standard InChI is InChI=1S/C4H6F2O2/c1-2(5)3(6)4(7)8/h2-3H,1H3,(H,7,8). The van der Waals surface area contributed by atoms with Gasteiger partial charge in [-0.2, -0.15) is 0 Å². The van der Waals surface area contributed by atoms with Crippen LogP contribution in [0.1, 0.15) is 6.92 Å². The van der Waals surface area contributed by atoms with Crippen LogP contribution in [0.2, 0.25) is 0 Å². The van der Waals surface area contributed by atoms with Crippen molar-refractivity contribution in [2.45, 2.75) is 19.3 Å². The summed E-state index contributed by atoms with van der Waals surface area (Å²) in [6.07, 6.45) is -4.30. The van der Waals surface area contributed by atoms with Crippen LogP contribution in [-0.2, 0) is 4.79 Å². The maximum Gasteiger partial charge on any atom is 0.341 e. The second-order valence-corrected chi connectivity index (χ2v) is 1.42. The molecule has 48 valence electrons. The molecule has 0 rings (SSSR count). The summed E-state index contributed by atoms with van der Waals surface area (Å²) in [6, 6.07) is 0. The number of hydrogen-bond acceptors (Lipinski definition) is 1. The highest BCUT2D eigenvalue weighted by Gasteiger charge is 2.22. The van der Waals surface area contributed by atoms with Crippen molar-refractivity contribution in [3.63, 3.8) is 0 Å². The number of carboxylic acids is 1. The Balaban J connectivity index is 3.64. The number of carboxylic acid groups (broad SMARTS) is 1. The largest absolute Gasteiger partial charge is 0.479 e. The number of alkyl halides is 2. The van der Waals surface area contributed by atoms with Crippen molar-refractivity contribution in [3.05, 3.63) is 0 Å². The lowest BCUT2D eigenvalue weighted by molar-refractivity contribution is -0.144. The van der Waals surface area contributed by atoms with Gasteiger partial charge in [0.1, 0.15) is 6.17 Å². The molecule has 0 amide bonds. The fourth-order valence-electron chi connectivity index (χ4n) is 0.196. The zero-order valence-electron chi connectivity index (χ0n) is 4.27. The van der Waals surface area contributed by atoms with Gasteiger partial charge < -0.3 is 5.11 Å². The van der Waals surface area contributed by atoms with Gasteiger partial charge in [0.2, 0.25) is 6.17 Å². The van der Waals surface area contributed by atoms with E-state index in [4.69, 9.17) is 5.11 Å². The van der Waals surface area contributed by atoms with Crippen molar-refractivity contribution in [2.75, 3.05) is 0 Å². The molecule has 2 unspecified atom stereocenters. The Labute approximate surface area is 45.1 Å². The van der Waals surface area contributed by atoms with Crippen LogP contribution in [-0.4, -0.2) is 23.4 Å². The average Bonchev–Trinajstić information content (AvgIpc) is 1.64. The average molecular weight is 124 g/mol. The smallest absolute Gasteiger partial charge is 0.341 e.